The number of hydrogen-bond acceptors (Lipinski definition) is 9. The van der Waals surface area contributed by atoms with Crippen LogP contribution in [0.2, 0.25) is 0 Å². The van der Waals surface area contributed by atoms with Crippen molar-refractivity contribution in [2.45, 2.75) is 13.8 Å². The molecule has 0 saturated carbocycles. The molecular formula is C21H24N8O4. The van der Waals surface area contributed by atoms with Crippen molar-refractivity contribution in [3.05, 3.63) is 58.5 Å². The van der Waals surface area contributed by atoms with Gasteiger partial charge in [0.1, 0.15) is 29.1 Å². The molecule has 0 aliphatic rings. The van der Waals surface area contributed by atoms with E-state index in [1.807, 2.05) is 6.92 Å². The highest BCUT2D eigenvalue weighted by Gasteiger charge is 2.18. The standard InChI is InChI=1S/C21H24N8O4/c1-12(10-30)8-23-19(31)14-9-24-29-17(22-3)7-16(27-18(14)29)26-15-5-4-6-28(20(15)32)21-25-13(2)11-33-21/h4-7,9,11-12,22,30H,8,10H2,1-3H3,(H,23,31)(H,26,27)/t12-/m0/s1. The van der Waals surface area contributed by atoms with Crippen LogP contribution < -0.4 is 21.5 Å². The zero-order valence-corrected chi connectivity index (χ0v) is 18.4. The Labute approximate surface area is 188 Å². The van der Waals surface area contributed by atoms with Crippen LogP contribution in [0.3, 0.4) is 0 Å². The van der Waals surface area contributed by atoms with Gasteiger partial charge in [-0.15, -0.1) is 0 Å². The monoisotopic (exact) mass is 452 g/mol. The first-order chi connectivity index (χ1) is 15.9. The molecule has 172 valence electrons. The fourth-order valence-electron chi connectivity index (χ4n) is 3.12. The number of anilines is 3. The molecule has 12 nitrogen and oxygen atoms in total. The van der Waals surface area contributed by atoms with Crippen molar-refractivity contribution in [2.75, 3.05) is 30.8 Å². The van der Waals surface area contributed by atoms with Crippen LogP contribution in [-0.2, 0) is 0 Å². The van der Waals surface area contributed by atoms with Crippen molar-refractivity contribution in [1.29, 1.82) is 0 Å². The first kappa shape index (κ1) is 22.0. The number of nitrogens with one attached hydrogen (secondary N) is 3. The van der Waals surface area contributed by atoms with Crippen LogP contribution in [0, 0.1) is 12.8 Å². The molecule has 0 unspecified atom stereocenters. The van der Waals surface area contributed by atoms with Crippen LogP contribution in [0.25, 0.3) is 11.7 Å². The number of carbonyl (C=O) groups is 1. The molecule has 0 spiro atoms. The molecule has 4 N–H and O–H groups in total. The van der Waals surface area contributed by atoms with Gasteiger partial charge in [-0.05, 0) is 25.0 Å². The molecule has 1 atom stereocenters. The molecule has 4 aromatic rings. The molecule has 0 saturated heterocycles. The molecule has 12 heteroatoms. The van der Waals surface area contributed by atoms with Gasteiger partial charge in [-0.2, -0.15) is 14.6 Å². The lowest BCUT2D eigenvalue weighted by Crippen LogP contribution is -2.29. The molecule has 0 aliphatic carbocycles. The molecule has 4 rings (SSSR count). The summed E-state index contributed by atoms with van der Waals surface area (Å²) < 4.78 is 8.12. The number of pyridine rings is 1. The Morgan fingerprint density at radius 1 is 1.33 bits per heavy atom. The number of hydrogen-bond donors (Lipinski definition) is 4. The average Bonchev–Trinajstić information content (AvgIpc) is 3.44. The average molecular weight is 452 g/mol. The van der Waals surface area contributed by atoms with Crippen LogP contribution >= 0.6 is 0 Å². The number of rotatable bonds is 8. The van der Waals surface area contributed by atoms with E-state index in [2.05, 4.69) is 31.0 Å². The number of aryl methyl sites for hydroxylation is 1. The Morgan fingerprint density at radius 3 is 2.85 bits per heavy atom. The smallest absolute Gasteiger partial charge is 0.308 e. The maximum atomic E-state index is 13.0. The first-order valence-electron chi connectivity index (χ1n) is 10.3. The number of amides is 1. The van der Waals surface area contributed by atoms with Crippen LogP contribution in [0.4, 0.5) is 17.3 Å². The molecule has 1 amide bonds. The van der Waals surface area contributed by atoms with E-state index in [0.29, 0.717) is 29.5 Å². The summed E-state index contributed by atoms with van der Waals surface area (Å²) in [4.78, 5) is 34.3. The van der Waals surface area contributed by atoms with E-state index in [-0.39, 0.29) is 41.3 Å². The Morgan fingerprint density at radius 2 is 2.15 bits per heavy atom. The lowest BCUT2D eigenvalue weighted by atomic mass is 10.2. The molecule has 0 aliphatic heterocycles. The van der Waals surface area contributed by atoms with Gasteiger partial charge in [-0.3, -0.25) is 9.59 Å². The molecule has 0 fully saturated rings. The number of carbonyl (C=O) groups excluding carboxylic acids is 1. The van der Waals surface area contributed by atoms with E-state index in [0.717, 1.165) is 0 Å². The van der Waals surface area contributed by atoms with E-state index in [1.54, 1.807) is 38.4 Å². The Bertz CT molecular complexity index is 1360. The van der Waals surface area contributed by atoms with E-state index < -0.39 is 0 Å². The summed E-state index contributed by atoms with van der Waals surface area (Å²) in [5, 5.41) is 22.2. The van der Waals surface area contributed by atoms with Crippen molar-refractivity contribution in [1.82, 2.24) is 29.5 Å². The van der Waals surface area contributed by atoms with Gasteiger partial charge in [0.15, 0.2) is 5.65 Å². The molecular weight excluding hydrogens is 428 g/mol. The van der Waals surface area contributed by atoms with Gasteiger partial charge in [0.25, 0.3) is 11.5 Å². The molecule has 33 heavy (non-hydrogen) atoms. The third kappa shape index (κ3) is 4.41. The molecule has 0 aromatic carbocycles. The summed E-state index contributed by atoms with van der Waals surface area (Å²) in [7, 11) is 1.71. The molecule has 4 heterocycles. The number of aliphatic hydroxyl groups excluding tert-OH is 1. The van der Waals surface area contributed by atoms with Gasteiger partial charge >= 0.3 is 6.01 Å². The van der Waals surface area contributed by atoms with Gasteiger partial charge in [0.2, 0.25) is 0 Å². The summed E-state index contributed by atoms with van der Waals surface area (Å²) >= 11 is 0. The number of aliphatic hydroxyl groups is 1. The number of fused-ring (bicyclic) bond motifs is 1. The predicted molar refractivity (Wildman–Crippen MR) is 121 cm³/mol. The minimum atomic E-state index is -0.378. The fourth-order valence-corrected chi connectivity index (χ4v) is 3.12. The Balaban J connectivity index is 1.69. The van der Waals surface area contributed by atoms with E-state index >= 15 is 0 Å². The zero-order valence-electron chi connectivity index (χ0n) is 18.4. The van der Waals surface area contributed by atoms with E-state index in [9.17, 15) is 14.7 Å². The third-order valence-electron chi connectivity index (χ3n) is 4.92. The second-order valence-electron chi connectivity index (χ2n) is 7.56. The number of nitrogens with zero attached hydrogens (tertiary/aromatic N) is 5. The van der Waals surface area contributed by atoms with Gasteiger partial charge in [0, 0.05) is 32.5 Å². The van der Waals surface area contributed by atoms with Gasteiger partial charge in [-0.25, -0.2) is 9.55 Å². The summed E-state index contributed by atoms with van der Waals surface area (Å²) in [6, 6.07) is 5.12. The Hall–Kier alpha value is -4.19. The van der Waals surface area contributed by atoms with Crippen molar-refractivity contribution in [2.24, 2.45) is 5.92 Å². The van der Waals surface area contributed by atoms with E-state index in [4.69, 9.17) is 4.42 Å². The molecule has 4 aromatic heterocycles. The quantitative estimate of drug-likeness (QED) is 0.310. The highest BCUT2D eigenvalue weighted by atomic mass is 16.4. The minimum Gasteiger partial charge on any atom is -0.431 e. The number of oxazole rings is 1. The van der Waals surface area contributed by atoms with Gasteiger partial charge < -0.3 is 25.5 Å². The second kappa shape index (κ2) is 9.12. The highest BCUT2D eigenvalue weighted by Crippen LogP contribution is 2.21. The summed E-state index contributed by atoms with van der Waals surface area (Å²) in [5.74, 6) is 0.452. The third-order valence-corrected chi connectivity index (χ3v) is 4.92. The van der Waals surface area contributed by atoms with Crippen molar-refractivity contribution >= 4 is 28.9 Å². The van der Waals surface area contributed by atoms with Crippen LogP contribution in [0.1, 0.15) is 23.0 Å². The van der Waals surface area contributed by atoms with E-state index in [1.165, 1.54) is 21.5 Å². The van der Waals surface area contributed by atoms with Gasteiger partial charge in [0.05, 0.1) is 11.9 Å². The zero-order chi connectivity index (χ0) is 23.5. The summed E-state index contributed by atoms with van der Waals surface area (Å²) in [6.07, 6.45) is 4.44. The lowest BCUT2D eigenvalue weighted by Gasteiger charge is -2.11. The maximum Gasteiger partial charge on any atom is 0.308 e. The molecule has 0 radical (unpaired) electrons. The predicted octanol–water partition coefficient (Wildman–Crippen LogP) is 1.32. The minimum absolute atomic E-state index is 0.0348. The molecule has 0 bridgehead atoms. The normalized spacial score (nSPS) is 12.0. The van der Waals surface area contributed by atoms with Crippen molar-refractivity contribution in [3.8, 4) is 6.01 Å². The van der Waals surface area contributed by atoms with Crippen LogP contribution in [0.5, 0.6) is 0 Å². The topological polar surface area (TPSA) is 152 Å². The first-order valence-corrected chi connectivity index (χ1v) is 10.3. The highest BCUT2D eigenvalue weighted by molar-refractivity contribution is 6.00. The Kier molecular flexibility index (Phi) is 6.09. The van der Waals surface area contributed by atoms with Crippen molar-refractivity contribution in [3.63, 3.8) is 0 Å². The summed E-state index contributed by atoms with van der Waals surface area (Å²) in [6.45, 7) is 3.87. The lowest BCUT2D eigenvalue weighted by molar-refractivity contribution is 0.0943. The van der Waals surface area contributed by atoms with Crippen LogP contribution in [0.15, 0.2) is 46.1 Å². The summed E-state index contributed by atoms with van der Waals surface area (Å²) in [5.41, 5.74) is 1.09. The maximum absolute atomic E-state index is 13.0. The second-order valence-corrected chi connectivity index (χ2v) is 7.56. The SMILES string of the molecule is CNc1cc(Nc2cccn(-c3nc(C)co3)c2=O)nc2c(C(=O)NC[C@H](C)CO)cnn12. The van der Waals surface area contributed by atoms with Gasteiger partial charge in [-0.1, -0.05) is 6.92 Å². The fraction of sp³-hybridized carbons (Fsp3) is 0.286. The largest absolute Gasteiger partial charge is 0.431 e. The number of aromatic nitrogens is 5. The van der Waals surface area contributed by atoms with Crippen LogP contribution in [-0.4, -0.2) is 55.4 Å². The van der Waals surface area contributed by atoms with Crippen molar-refractivity contribution < 1.29 is 14.3 Å².